The summed E-state index contributed by atoms with van der Waals surface area (Å²) in [6.07, 6.45) is 1.93. The largest absolute Gasteiger partial charge is 0.494 e. The van der Waals surface area contributed by atoms with Gasteiger partial charge in [0.1, 0.15) is 5.75 Å². The molecule has 126 valence electrons. The SMILES string of the molecule is CCOc1ccc(C=NN2CCN(c3ccc(C)cc3)CC2)cc1. The highest BCUT2D eigenvalue weighted by Crippen LogP contribution is 2.17. The van der Waals surface area contributed by atoms with E-state index >= 15 is 0 Å². The van der Waals surface area contributed by atoms with E-state index in [1.54, 1.807) is 0 Å². The molecule has 0 spiro atoms. The number of nitrogens with zero attached hydrogens (tertiary/aromatic N) is 3. The summed E-state index contributed by atoms with van der Waals surface area (Å²) in [4.78, 5) is 2.42. The molecular weight excluding hydrogens is 298 g/mol. The maximum Gasteiger partial charge on any atom is 0.119 e. The van der Waals surface area contributed by atoms with E-state index in [4.69, 9.17) is 4.74 Å². The molecule has 0 saturated carbocycles. The van der Waals surface area contributed by atoms with Crippen LogP contribution in [0.15, 0.2) is 53.6 Å². The molecule has 0 unspecified atom stereocenters. The molecule has 24 heavy (non-hydrogen) atoms. The Balaban J connectivity index is 1.52. The molecule has 1 heterocycles. The van der Waals surface area contributed by atoms with Crippen molar-refractivity contribution >= 4 is 11.9 Å². The molecule has 0 bridgehead atoms. The normalized spacial score (nSPS) is 15.1. The number of hydrazone groups is 1. The maximum absolute atomic E-state index is 5.46. The number of hydrogen-bond acceptors (Lipinski definition) is 4. The van der Waals surface area contributed by atoms with Crippen LogP contribution in [0.3, 0.4) is 0 Å². The van der Waals surface area contributed by atoms with Crippen molar-refractivity contribution in [3.05, 3.63) is 59.7 Å². The fraction of sp³-hybridized carbons (Fsp3) is 0.350. The highest BCUT2D eigenvalue weighted by atomic mass is 16.5. The molecule has 0 atom stereocenters. The molecule has 4 heteroatoms. The average molecular weight is 323 g/mol. The molecule has 1 fully saturated rings. The van der Waals surface area contributed by atoms with Crippen molar-refractivity contribution in [2.45, 2.75) is 13.8 Å². The van der Waals surface area contributed by atoms with Crippen LogP contribution in [0.5, 0.6) is 5.75 Å². The number of rotatable bonds is 5. The number of hydrogen-bond donors (Lipinski definition) is 0. The van der Waals surface area contributed by atoms with Gasteiger partial charge < -0.3 is 9.64 Å². The van der Waals surface area contributed by atoms with Gasteiger partial charge in [-0.1, -0.05) is 17.7 Å². The third-order valence-electron chi connectivity index (χ3n) is 4.22. The molecule has 2 aromatic rings. The van der Waals surface area contributed by atoms with Crippen molar-refractivity contribution in [2.24, 2.45) is 5.10 Å². The van der Waals surface area contributed by atoms with Gasteiger partial charge in [0.2, 0.25) is 0 Å². The Hall–Kier alpha value is -2.49. The van der Waals surface area contributed by atoms with Crippen molar-refractivity contribution in [1.82, 2.24) is 5.01 Å². The zero-order chi connectivity index (χ0) is 16.8. The van der Waals surface area contributed by atoms with Gasteiger partial charge in [0.25, 0.3) is 0 Å². The highest BCUT2D eigenvalue weighted by molar-refractivity contribution is 5.79. The van der Waals surface area contributed by atoms with Crippen LogP contribution >= 0.6 is 0 Å². The number of benzene rings is 2. The predicted octanol–water partition coefficient (Wildman–Crippen LogP) is 3.55. The fourth-order valence-electron chi connectivity index (χ4n) is 2.79. The Morgan fingerprint density at radius 2 is 1.62 bits per heavy atom. The minimum Gasteiger partial charge on any atom is -0.494 e. The van der Waals surface area contributed by atoms with Crippen LogP contribution in [0.4, 0.5) is 5.69 Å². The second kappa shape index (κ2) is 7.86. The van der Waals surface area contributed by atoms with Crippen molar-refractivity contribution in [3.63, 3.8) is 0 Å². The van der Waals surface area contributed by atoms with Gasteiger partial charge in [0.15, 0.2) is 0 Å². The molecule has 0 N–H and O–H groups in total. The molecule has 3 rings (SSSR count). The zero-order valence-corrected chi connectivity index (χ0v) is 14.5. The highest BCUT2D eigenvalue weighted by Gasteiger charge is 2.15. The molecule has 0 radical (unpaired) electrons. The van der Waals surface area contributed by atoms with Gasteiger partial charge in [-0.15, -0.1) is 0 Å². The molecule has 4 nitrogen and oxygen atoms in total. The summed E-state index contributed by atoms with van der Waals surface area (Å²) in [6, 6.07) is 16.8. The number of aryl methyl sites for hydroxylation is 1. The summed E-state index contributed by atoms with van der Waals surface area (Å²) >= 11 is 0. The Bertz CT molecular complexity index is 656. The van der Waals surface area contributed by atoms with E-state index in [1.807, 2.05) is 37.4 Å². The quantitative estimate of drug-likeness (QED) is 0.788. The predicted molar refractivity (Wildman–Crippen MR) is 100 cm³/mol. The standard InChI is InChI=1S/C20H25N3O/c1-3-24-20-10-6-18(7-11-20)16-21-23-14-12-22(13-15-23)19-8-4-17(2)5-9-19/h4-11,16H,3,12-15H2,1-2H3. The van der Waals surface area contributed by atoms with E-state index in [1.165, 1.54) is 11.3 Å². The third-order valence-corrected chi connectivity index (χ3v) is 4.22. The lowest BCUT2D eigenvalue weighted by Gasteiger charge is -2.34. The lowest BCUT2D eigenvalue weighted by molar-refractivity contribution is 0.272. The van der Waals surface area contributed by atoms with Crippen molar-refractivity contribution in [3.8, 4) is 5.75 Å². The smallest absolute Gasteiger partial charge is 0.119 e. The lowest BCUT2D eigenvalue weighted by Crippen LogP contribution is -2.44. The number of piperazine rings is 1. The van der Waals surface area contributed by atoms with E-state index in [2.05, 4.69) is 46.2 Å². The molecular formula is C20H25N3O. The summed E-state index contributed by atoms with van der Waals surface area (Å²) in [6.45, 7) is 8.71. The van der Waals surface area contributed by atoms with Crippen molar-refractivity contribution in [2.75, 3.05) is 37.7 Å². The summed E-state index contributed by atoms with van der Waals surface area (Å²) in [5.74, 6) is 0.904. The van der Waals surface area contributed by atoms with E-state index in [0.717, 1.165) is 37.5 Å². The van der Waals surface area contributed by atoms with Crippen LogP contribution in [-0.4, -0.2) is 44.0 Å². The van der Waals surface area contributed by atoms with Crippen LogP contribution in [0.25, 0.3) is 0 Å². The van der Waals surface area contributed by atoms with E-state index < -0.39 is 0 Å². The third kappa shape index (κ3) is 4.28. The fourth-order valence-corrected chi connectivity index (χ4v) is 2.79. The molecule has 1 saturated heterocycles. The monoisotopic (exact) mass is 323 g/mol. The van der Waals surface area contributed by atoms with Gasteiger partial charge in [-0.3, -0.25) is 5.01 Å². The Kier molecular flexibility index (Phi) is 5.36. The first-order valence-corrected chi connectivity index (χ1v) is 8.58. The van der Waals surface area contributed by atoms with Gasteiger partial charge in [0, 0.05) is 18.8 Å². The van der Waals surface area contributed by atoms with Gasteiger partial charge in [0.05, 0.1) is 25.9 Å². The van der Waals surface area contributed by atoms with Crippen molar-refractivity contribution < 1.29 is 4.74 Å². The van der Waals surface area contributed by atoms with Crippen molar-refractivity contribution in [1.29, 1.82) is 0 Å². The second-order valence-electron chi connectivity index (χ2n) is 6.02. The minimum atomic E-state index is 0.693. The number of ether oxygens (including phenoxy) is 1. The van der Waals surface area contributed by atoms with Gasteiger partial charge in [-0.05, 0) is 55.8 Å². The lowest BCUT2D eigenvalue weighted by atomic mass is 10.2. The first-order chi connectivity index (χ1) is 11.7. The average Bonchev–Trinajstić information content (AvgIpc) is 2.63. The van der Waals surface area contributed by atoms with Crippen LogP contribution in [0, 0.1) is 6.92 Å². The molecule has 1 aliphatic rings. The topological polar surface area (TPSA) is 28.1 Å². The Labute approximate surface area is 144 Å². The summed E-state index contributed by atoms with van der Waals surface area (Å²) < 4.78 is 5.46. The summed E-state index contributed by atoms with van der Waals surface area (Å²) in [5.41, 5.74) is 3.70. The molecule has 0 aromatic heterocycles. The van der Waals surface area contributed by atoms with E-state index in [-0.39, 0.29) is 0 Å². The van der Waals surface area contributed by atoms with Gasteiger partial charge >= 0.3 is 0 Å². The first kappa shape index (κ1) is 16.4. The van der Waals surface area contributed by atoms with Crippen LogP contribution in [0.2, 0.25) is 0 Å². The molecule has 0 aliphatic carbocycles. The zero-order valence-electron chi connectivity index (χ0n) is 14.5. The van der Waals surface area contributed by atoms with Crippen LogP contribution in [0.1, 0.15) is 18.1 Å². The van der Waals surface area contributed by atoms with Gasteiger partial charge in [-0.25, -0.2) is 0 Å². The molecule has 0 amide bonds. The Morgan fingerprint density at radius 1 is 0.958 bits per heavy atom. The number of anilines is 1. The Morgan fingerprint density at radius 3 is 2.25 bits per heavy atom. The summed E-state index contributed by atoms with van der Waals surface area (Å²) in [7, 11) is 0. The first-order valence-electron chi connectivity index (χ1n) is 8.58. The summed E-state index contributed by atoms with van der Waals surface area (Å²) in [5, 5.41) is 6.75. The molecule has 1 aliphatic heterocycles. The van der Waals surface area contributed by atoms with E-state index in [0.29, 0.717) is 6.61 Å². The van der Waals surface area contributed by atoms with Gasteiger partial charge in [-0.2, -0.15) is 5.10 Å². The van der Waals surface area contributed by atoms with E-state index in [9.17, 15) is 0 Å². The maximum atomic E-state index is 5.46. The van der Waals surface area contributed by atoms with Crippen LogP contribution < -0.4 is 9.64 Å². The second-order valence-corrected chi connectivity index (χ2v) is 6.02. The molecule has 2 aromatic carbocycles. The minimum absolute atomic E-state index is 0.693. The van der Waals surface area contributed by atoms with Crippen LogP contribution in [-0.2, 0) is 0 Å².